The molecule has 3 aromatic rings. The summed E-state index contributed by atoms with van der Waals surface area (Å²) in [7, 11) is 0. The molecule has 0 aliphatic carbocycles. The molecule has 112 valence electrons. The van der Waals surface area contributed by atoms with Gasteiger partial charge >= 0.3 is 0 Å². The molecule has 1 amide bonds. The fourth-order valence-electron chi connectivity index (χ4n) is 2.11. The molecule has 2 heterocycles. The predicted molar refractivity (Wildman–Crippen MR) is 85.1 cm³/mol. The minimum Gasteiger partial charge on any atom is -0.459 e. The standard InChI is InChI=1S/C16H15N3O2S/c1-11(12-6-3-2-4-7-12)10-14-18-19-16(22-14)17-15(20)13-8-5-9-21-13/h2-9,11H,10H2,1H3,(H,17,19,20)/t11-/m0/s1. The van der Waals surface area contributed by atoms with E-state index in [2.05, 4.69) is 34.6 Å². The van der Waals surface area contributed by atoms with Crippen molar-refractivity contribution in [3.8, 4) is 0 Å². The number of hydrogen-bond donors (Lipinski definition) is 1. The highest BCUT2D eigenvalue weighted by atomic mass is 32.1. The average molecular weight is 313 g/mol. The van der Waals surface area contributed by atoms with Crippen LogP contribution < -0.4 is 5.32 Å². The van der Waals surface area contributed by atoms with Gasteiger partial charge in [0.15, 0.2) is 5.76 Å². The molecule has 22 heavy (non-hydrogen) atoms. The Balaban J connectivity index is 1.63. The van der Waals surface area contributed by atoms with Gasteiger partial charge in [0.25, 0.3) is 5.91 Å². The minimum absolute atomic E-state index is 0.259. The van der Waals surface area contributed by atoms with E-state index in [-0.39, 0.29) is 11.7 Å². The van der Waals surface area contributed by atoms with Crippen LogP contribution in [0.2, 0.25) is 0 Å². The summed E-state index contributed by atoms with van der Waals surface area (Å²) in [5, 5.41) is 12.2. The van der Waals surface area contributed by atoms with Crippen molar-refractivity contribution in [1.82, 2.24) is 10.2 Å². The average Bonchev–Trinajstić information content (AvgIpc) is 3.20. The fraction of sp³-hybridized carbons (Fsp3) is 0.188. The number of rotatable bonds is 5. The van der Waals surface area contributed by atoms with Crippen LogP contribution in [0.3, 0.4) is 0 Å². The molecule has 0 aliphatic heterocycles. The summed E-state index contributed by atoms with van der Waals surface area (Å²) in [5.74, 6) is 0.293. The number of furan rings is 1. The first-order chi connectivity index (χ1) is 10.7. The van der Waals surface area contributed by atoms with Crippen molar-refractivity contribution in [3.63, 3.8) is 0 Å². The second-order valence-electron chi connectivity index (χ2n) is 4.95. The molecule has 3 rings (SSSR count). The van der Waals surface area contributed by atoms with Gasteiger partial charge in [0.05, 0.1) is 6.26 Å². The second-order valence-corrected chi connectivity index (χ2v) is 6.01. The molecule has 0 aliphatic rings. The van der Waals surface area contributed by atoms with E-state index in [0.717, 1.165) is 11.4 Å². The van der Waals surface area contributed by atoms with Crippen molar-refractivity contribution in [2.45, 2.75) is 19.3 Å². The van der Waals surface area contributed by atoms with Crippen LogP contribution in [0.25, 0.3) is 0 Å². The van der Waals surface area contributed by atoms with E-state index in [1.54, 1.807) is 12.1 Å². The van der Waals surface area contributed by atoms with Crippen LogP contribution in [0.4, 0.5) is 5.13 Å². The Labute approximate surface area is 132 Å². The predicted octanol–water partition coefficient (Wildman–Crippen LogP) is 3.73. The third-order valence-electron chi connectivity index (χ3n) is 3.28. The second kappa shape index (κ2) is 6.53. The zero-order valence-electron chi connectivity index (χ0n) is 12.0. The maximum Gasteiger partial charge on any atom is 0.293 e. The van der Waals surface area contributed by atoms with Crippen LogP contribution in [0.1, 0.15) is 34.0 Å². The van der Waals surface area contributed by atoms with Crippen molar-refractivity contribution in [2.24, 2.45) is 0 Å². The summed E-state index contributed by atoms with van der Waals surface area (Å²) in [6.07, 6.45) is 2.25. The molecule has 2 aromatic heterocycles. The van der Waals surface area contributed by atoms with Gasteiger partial charge < -0.3 is 4.42 Å². The molecule has 0 saturated carbocycles. The molecule has 0 unspecified atom stereocenters. The van der Waals surface area contributed by atoms with Crippen molar-refractivity contribution < 1.29 is 9.21 Å². The maximum atomic E-state index is 11.9. The van der Waals surface area contributed by atoms with Crippen LogP contribution >= 0.6 is 11.3 Å². The quantitative estimate of drug-likeness (QED) is 0.779. The Bertz CT molecular complexity index is 738. The molecule has 0 spiro atoms. The van der Waals surface area contributed by atoms with Crippen molar-refractivity contribution in [3.05, 3.63) is 65.1 Å². The molecule has 0 radical (unpaired) electrons. The first kappa shape index (κ1) is 14.5. The molecular formula is C16H15N3O2S. The highest BCUT2D eigenvalue weighted by molar-refractivity contribution is 7.15. The van der Waals surface area contributed by atoms with Crippen molar-refractivity contribution >= 4 is 22.4 Å². The summed E-state index contributed by atoms with van der Waals surface area (Å²) < 4.78 is 5.04. The van der Waals surface area contributed by atoms with Gasteiger partial charge in [0.1, 0.15) is 5.01 Å². The Kier molecular flexibility index (Phi) is 4.29. The number of nitrogens with one attached hydrogen (secondary N) is 1. The Morgan fingerprint density at radius 2 is 2.05 bits per heavy atom. The lowest BCUT2D eigenvalue weighted by Crippen LogP contribution is -2.10. The highest BCUT2D eigenvalue weighted by Crippen LogP contribution is 2.24. The van der Waals surface area contributed by atoms with Crippen molar-refractivity contribution in [1.29, 1.82) is 0 Å². The summed E-state index contributed by atoms with van der Waals surface area (Å²) in [6.45, 7) is 2.15. The van der Waals surface area contributed by atoms with Gasteiger partial charge in [0, 0.05) is 6.42 Å². The monoisotopic (exact) mass is 313 g/mol. The van der Waals surface area contributed by atoms with Gasteiger partial charge in [-0.1, -0.05) is 48.6 Å². The molecule has 1 aromatic carbocycles. The first-order valence-electron chi connectivity index (χ1n) is 6.94. The number of anilines is 1. The van der Waals surface area contributed by atoms with E-state index in [1.807, 2.05) is 18.2 Å². The number of amides is 1. The van der Waals surface area contributed by atoms with Crippen LogP contribution in [-0.2, 0) is 6.42 Å². The van der Waals surface area contributed by atoms with Crippen molar-refractivity contribution in [2.75, 3.05) is 5.32 Å². The van der Waals surface area contributed by atoms with E-state index in [4.69, 9.17) is 4.42 Å². The molecule has 6 heteroatoms. The molecule has 0 fully saturated rings. The largest absolute Gasteiger partial charge is 0.459 e. The number of carbonyl (C=O) groups excluding carboxylic acids is 1. The third-order valence-corrected chi connectivity index (χ3v) is 4.14. The normalized spacial score (nSPS) is 12.0. The van der Waals surface area contributed by atoms with Crippen LogP contribution in [0, 0.1) is 0 Å². The van der Waals surface area contributed by atoms with Gasteiger partial charge in [-0.2, -0.15) is 0 Å². The first-order valence-corrected chi connectivity index (χ1v) is 7.76. The third kappa shape index (κ3) is 3.40. The number of carbonyl (C=O) groups is 1. The fourth-order valence-corrected chi connectivity index (χ4v) is 2.98. The molecule has 0 saturated heterocycles. The van der Waals surface area contributed by atoms with Gasteiger partial charge in [-0.3, -0.25) is 10.1 Å². The molecule has 5 nitrogen and oxygen atoms in total. The molecule has 1 atom stereocenters. The highest BCUT2D eigenvalue weighted by Gasteiger charge is 2.14. The van der Waals surface area contributed by atoms with E-state index >= 15 is 0 Å². The van der Waals surface area contributed by atoms with Crippen LogP contribution in [-0.4, -0.2) is 16.1 Å². The minimum atomic E-state index is -0.316. The Hall–Kier alpha value is -2.47. The van der Waals surface area contributed by atoms with E-state index in [9.17, 15) is 4.79 Å². The van der Waals surface area contributed by atoms with E-state index in [0.29, 0.717) is 11.0 Å². The van der Waals surface area contributed by atoms with E-state index in [1.165, 1.54) is 23.2 Å². The molecule has 1 N–H and O–H groups in total. The number of nitrogens with zero attached hydrogens (tertiary/aromatic N) is 2. The SMILES string of the molecule is C[C@@H](Cc1nnc(NC(=O)c2ccco2)s1)c1ccccc1. The lowest BCUT2D eigenvalue weighted by atomic mass is 9.98. The van der Waals surface area contributed by atoms with Gasteiger partial charge in [-0.05, 0) is 23.6 Å². The van der Waals surface area contributed by atoms with Gasteiger partial charge in [-0.15, -0.1) is 10.2 Å². The Morgan fingerprint density at radius 3 is 2.77 bits per heavy atom. The summed E-state index contributed by atoms with van der Waals surface area (Å²) in [4.78, 5) is 11.9. The van der Waals surface area contributed by atoms with Crippen LogP contribution in [0.15, 0.2) is 53.1 Å². The zero-order chi connectivity index (χ0) is 15.4. The number of hydrogen-bond acceptors (Lipinski definition) is 5. The van der Waals surface area contributed by atoms with Crippen LogP contribution in [0.5, 0.6) is 0 Å². The number of aromatic nitrogens is 2. The van der Waals surface area contributed by atoms with Gasteiger partial charge in [0.2, 0.25) is 5.13 Å². The van der Waals surface area contributed by atoms with Gasteiger partial charge in [-0.25, -0.2) is 0 Å². The smallest absolute Gasteiger partial charge is 0.293 e. The summed E-state index contributed by atoms with van der Waals surface area (Å²) in [6, 6.07) is 13.5. The topological polar surface area (TPSA) is 68.0 Å². The molecule has 0 bridgehead atoms. The maximum absolute atomic E-state index is 11.9. The zero-order valence-corrected chi connectivity index (χ0v) is 12.8. The lowest BCUT2D eigenvalue weighted by Gasteiger charge is -2.08. The Morgan fingerprint density at radius 1 is 1.23 bits per heavy atom. The lowest BCUT2D eigenvalue weighted by molar-refractivity contribution is 0.0996. The molecular weight excluding hydrogens is 298 g/mol. The summed E-state index contributed by atoms with van der Waals surface area (Å²) >= 11 is 1.39. The summed E-state index contributed by atoms with van der Waals surface area (Å²) in [5.41, 5.74) is 1.26. The number of benzene rings is 1. The van der Waals surface area contributed by atoms with E-state index < -0.39 is 0 Å².